The molecule has 31 heavy (non-hydrogen) atoms. The largest absolute Gasteiger partial charge is 0.493 e. The van der Waals surface area contributed by atoms with Crippen LogP contribution in [0.25, 0.3) is 11.3 Å². The number of ketones is 1. The summed E-state index contributed by atoms with van der Waals surface area (Å²) in [5.74, 6) is -0.0578. The van der Waals surface area contributed by atoms with Crippen molar-refractivity contribution in [1.82, 2.24) is 4.98 Å². The number of hydrogen-bond acceptors (Lipinski definition) is 7. The van der Waals surface area contributed by atoms with Gasteiger partial charge in [-0.15, -0.1) is 0 Å². The number of ether oxygens (including phenoxy) is 5. The molecule has 0 saturated carbocycles. The third-order valence-corrected chi connectivity index (χ3v) is 4.63. The van der Waals surface area contributed by atoms with Crippen LogP contribution in [0.2, 0.25) is 0 Å². The van der Waals surface area contributed by atoms with Crippen LogP contribution in [-0.2, 0) is 9.47 Å². The van der Waals surface area contributed by atoms with Gasteiger partial charge in [0.25, 0.3) is 0 Å². The average Bonchev–Trinajstić information content (AvgIpc) is 3.35. The van der Waals surface area contributed by atoms with E-state index in [0.717, 1.165) is 11.3 Å². The number of H-pyrrole nitrogens is 1. The van der Waals surface area contributed by atoms with Gasteiger partial charge in [-0.25, -0.2) is 4.79 Å². The highest BCUT2D eigenvalue weighted by Gasteiger charge is 2.24. The molecule has 0 radical (unpaired) electrons. The normalized spacial score (nSPS) is 10.5. The van der Waals surface area contributed by atoms with Gasteiger partial charge in [0.15, 0.2) is 24.1 Å². The van der Waals surface area contributed by atoms with Gasteiger partial charge in [0.05, 0.1) is 26.9 Å². The quantitative estimate of drug-likeness (QED) is 0.317. The third kappa shape index (κ3) is 4.54. The van der Waals surface area contributed by atoms with Crippen LogP contribution in [0.1, 0.15) is 26.3 Å². The number of aromatic nitrogens is 1. The van der Waals surface area contributed by atoms with Crippen molar-refractivity contribution >= 4 is 11.8 Å². The SMILES string of the molecule is COCOC(=O)c1ccc(-c2ccc[nH]2)cc1C(=O)c1cc(OC)c(OC)c(OC)c1. The summed E-state index contributed by atoms with van der Waals surface area (Å²) in [6, 6.07) is 11.7. The minimum absolute atomic E-state index is 0.117. The Labute approximate surface area is 179 Å². The van der Waals surface area contributed by atoms with Gasteiger partial charge in [-0.05, 0) is 42.0 Å². The van der Waals surface area contributed by atoms with Gasteiger partial charge in [0, 0.05) is 30.1 Å². The first-order valence-electron chi connectivity index (χ1n) is 9.32. The summed E-state index contributed by atoms with van der Waals surface area (Å²) in [6.45, 7) is -0.227. The fourth-order valence-electron chi connectivity index (χ4n) is 3.15. The molecular weight excluding hydrogens is 402 g/mol. The Morgan fingerprint density at radius 3 is 2.13 bits per heavy atom. The molecule has 0 saturated heterocycles. The lowest BCUT2D eigenvalue weighted by Gasteiger charge is -2.15. The molecule has 8 heteroatoms. The van der Waals surface area contributed by atoms with Gasteiger partial charge in [-0.3, -0.25) is 4.79 Å². The van der Waals surface area contributed by atoms with Gasteiger partial charge in [-0.2, -0.15) is 0 Å². The number of hydrogen-bond donors (Lipinski definition) is 1. The van der Waals surface area contributed by atoms with Gasteiger partial charge in [-0.1, -0.05) is 6.07 Å². The molecule has 3 aromatic rings. The molecule has 0 spiro atoms. The van der Waals surface area contributed by atoms with Crippen molar-refractivity contribution in [3.05, 3.63) is 65.4 Å². The first-order valence-corrected chi connectivity index (χ1v) is 9.32. The third-order valence-electron chi connectivity index (χ3n) is 4.63. The van der Waals surface area contributed by atoms with Crippen LogP contribution in [0.4, 0.5) is 0 Å². The first kappa shape index (κ1) is 21.9. The fraction of sp³-hybridized carbons (Fsp3) is 0.217. The topological polar surface area (TPSA) is 96.1 Å². The smallest absolute Gasteiger partial charge is 0.340 e. The minimum Gasteiger partial charge on any atom is -0.493 e. The van der Waals surface area contributed by atoms with Crippen molar-refractivity contribution in [2.45, 2.75) is 0 Å². The summed E-state index contributed by atoms with van der Waals surface area (Å²) < 4.78 is 25.9. The van der Waals surface area contributed by atoms with E-state index in [2.05, 4.69) is 4.98 Å². The van der Waals surface area contributed by atoms with Crippen molar-refractivity contribution in [1.29, 1.82) is 0 Å². The molecule has 0 aliphatic rings. The molecule has 0 aliphatic heterocycles. The molecule has 8 nitrogen and oxygen atoms in total. The summed E-state index contributed by atoms with van der Waals surface area (Å²) in [5.41, 5.74) is 2.09. The van der Waals surface area contributed by atoms with Gasteiger partial charge in [0.2, 0.25) is 5.75 Å². The molecule has 0 atom stereocenters. The maximum atomic E-state index is 13.5. The summed E-state index contributed by atoms with van der Waals surface area (Å²) in [7, 11) is 5.81. The molecule has 1 aromatic heterocycles. The van der Waals surface area contributed by atoms with E-state index < -0.39 is 11.8 Å². The lowest BCUT2D eigenvalue weighted by molar-refractivity contribution is -0.0125. The Hall–Kier alpha value is -3.78. The van der Waals surface area contributed by atoms with Crippen molar-refractivity contribution in [2.24, 2.45) is 0 Å². The van der Waals surface area contributed by atoms with Crippen LogP contribution in [0.5, 0.6) is 17.2 Å². The van der Waals surface area contributed by atoms with Crippen LogP contribution in [0.15, 0.2) is 48.7 Å². The van der Waals surface area contributed by atoms with Crippen molar-refractivity contribution < 1.29 is 33.3 Å². The summed E-state index contributed by atoms with van der Waals surface area (Å²) in [6.07, 6.45) is 1.77. The summed E-state index contributed by atoms with van der Waals surface area (Å²) in [5, 5.41) is 0. The molecule has 0 bridgehead atoms. The Morgan fingerprint density at radius 2 is 1.58 bits per heavy atom. The monoisotopic (exact) mass is 425 g/mol. The van der Waals surface area contributed by atoms with E-state index in [-0.39, 0.29) is 23.5 Å². The Morgan fingerprint density at radius 1 is 0.871 bits per heavy atom. The molecular formula is C23H23NO7. The number of nitrogens with one attached hydrogen (secondary N) is 1. The predicted molar refractivity (Wildman–Crippen MR) is 113 cm³/mol. The predicted octanol–water partition coefficient (Wildman–Crippen LogP) is 3.70. The zero-order chi connectivity index (χ0) is 22.4. The molecule has 162 valence electrons. The number of carbonyl (C=O) groups excluding carboxylic acids is 2. The minimum atomic E-state index is -0.671. The molecule has 0 aliphatic carbocycles. The van der Waals surface area contributed by atoms with Crippen molar-refractivity contribution in [3.63, 3.8) is 0 Å². The van der Waals surface area contributed by atoms with Crippen LogP contribution in [0.3, 0.4) is 0 Å². The maximum Gasteiger partial charge on any atom is 0.340 e. The highest BCUT2D eigenvalue weighted by Crippen LogP contribution is 2.39. The van der Waals surface area contributed by atoms with Gasteiger partial charge < -0.3 is 28.7 Å². The molecule has 1 heterocycles. The summed E-state index contributed by atoms with van der Waals surface area (Å²) in [4.78, 5) is 29.2. The maximum absolute atomic E-state index is 13.5. The number of rotatable bonds is 9. The molecule has 1 N–H and O–H groups in total. The number of methoxy groups -OCH3 is 4. The second kappa shape index (κ2) is 9.82. The van der Waals surface area contributed by atoms with Gasteiger partial charge >= 0.3 is 5.97 Å². The molecule has 3 rings (SSSR count). The Kier molecular flexibility index (Phi) is 6.94. The van der Waals surface area contributed by atoms with E-state index in [1.165, 1.54) is 40.6 Å². The summed E-state index contributed by atoms with van der Waals surface area (Å²) >= 11 is 0. The number of benzene rings is 2. The standard InChI is InChI=1S/C23H23NO7/c1-27-13-31-23(26)16-8-7-14(18-6-5-9-24-18)10-17(16)21(25)15-11-19(28-2)22(30-4)20(12-15)29-3/h5-12,24H,13H2,1-4H3. The van der Waals surface area contributed by atoms with E-state index in [4.69, 9.17) is 23.7 Å². The molecule has 2 aromatic carbocycles. The van der Waals surface area contributed by atoms with E-state index in [1.54, 1.807) is 24.4 Å². The van der Waals surface area contributed by atoms with E-state index in [0.29, 0.717) is 17.2 Å². The Bertz CT molecular complexity index is 1050. The van der Waals surface area contributed by atoms with Crippen LogP contribution >= 0.6 is 0 Å². The van der Waals surface area contributed by atoms with Crippen molar-refractivity contribution in [2.75, 3.05) is 35.2 Å². The van der Waals surface area contributed by atoms with E-state index in [1.807, 2.05) is 12.1 Å². The molecule has 0 amide bonds. The highest BCUT2D eigenvalue weighted by molar-refractivity contribution is 6.15. The fourth-order valence-corrected chi connectivity index (χ4v) is 3.15. The zero-order valence-corrected chi connectivity index (χ0v) is 17.7. The molecule has 0 unspecified atom stereocenters. The Balaban J connectivity index is 2.13. The highest BCUT2D eigenvalue weighted by atomic mass is 16.7. The zero-order valence-electron chi connectivity index (χ0n) is 17.7. The first-order chi connectivity index (χ1) is 15.0. The number of esters is 1. The van der Waals surface area contributed by atoms with Crippen LogP contribution < -0.4 is 14.2 Å². The molecule has 0 fully saturated rings. The van der Waals surface area contributed by atoms with E-state index in [9.17, 15) is 9.59 Å². The van der Waals surface area contributed by atoms with E-state index >= 15 is 0 Å². The van der Waals surface area contributed by atoms with Crippen LogP contribution in [0, 0.1) is 0 Å². The number of carbonyl (C=O) groups is 2. The second-order valence-corrected chi connectivity index (χ2v) is 6.43. The van der Waals surface area contributed by atoms with Crippen molar-refractivity contribution in [3.8, 4) is 28.5 Å². The lowest BCUT2D eigenvalue weighted by Crippen LogP contribution is -2.14. The lowest BCUT2D eigenvalue weighted by atomic mass is 9.95. The van der Waals surface area contributed by atoms with Crippen LogP contribution in [-0.4, -0.2) is 52.0 Å². The average molecular weight is 425 g/mol. The second-order valence-electron chi connectivity index (χ2n) is 6.43. The number of aromatic amines is 1. The van der Waals surface area contributed by atoms with Gasteiger partial charge in [0.1, 0.15) is 0 Å².